The number of rotatable bonds is 2. The van der Waals surface area contributed by atoms with E-state index in [0.717, 1.165) is 17.5 Å². The fourth-order valence-electron chi connectivity index (χ4n) is 2.70. The van der Waals surface area contributed by atoms with Crippen LogP contribution in [0.2, 0.25) is 0 Å². The van der Waals surface area contributed by atoms with Crippen LogP contribution in [-0.4, -0.2) is 61.0 Å². The zero-order valence-corrected chi connectivity index (χ0v) is 11.4. The normalized spacial score (nSPS) is 18.9. The Labute approximate surface area is 118 Å². The number of amides is 2. The second-order valence-electron chi connectivity index (χ2n) is 5.13. The van der Waals surface area contributed by atoms with Crippen LogP contribution in [0.25, 0.3) is 0 Å². The lowest BCUT2D eigenvalue weighted by Crippen LogP contribution is -2.48. The van der Waals surface area contributed by atoms with E-state index in [1.165, 1.54) is 0 Å². The number of carbonyl (C=O) groups is 2. The maximum atomic E-state index is 12.4. The molecule has 1 saturated heterocycles. The van der Waals surface area contributed by atoms with Gasteiger partial charge >= 0.3 is 0 Å². The largest absolute Gasteiger partial charge is 0.378 e. The molecule has 2 aliphatic rings. The summed E-state index contributed by atoms with van der Waals surface area (Å²) in [5.41, 5.74) is 1.81. The zero-order valence-electron chi connectivity index (χ0n) is 11.4. The van der Waals surface area contributed by atoms with Crippen LogP contribution >= 0.6 is 0 Å². The van der Waals surface area contributed by atoms with E-state index in [4.69, 9.17) is 4.74 Å². The molecule has 106 valence electrons. The summed E-state index contributed by atoms with van der Waals surface area (Å²) < 4.78 is 5.23. The minimum absolute atomic E-state index is 0.0148. The molecule has 2 amide bonds. The maximum absolute atomic E-state index is 12.4. The van der Waals surface area contributed by atoms with Gasteiger partial charge in [0.25, 0.3) is 5.91 Å². The third-order valence-corrected chi connectivity index (χ3v) is 3.88. The molecule has 0 spiro atoms. The van der Waals surface area contributed by atoms with Crippen molar-refractivity contribution in [2.75, 3.05) is 39.4 Å². The number of ether oxygens (including phenoxy) is 1. The molecule has 0 N–H and O–H groups in total. The van der Waals surface area contributed by atoms with Crippen molar-refractivity contribution in [2.24, 2.45) is 0 Å². The van der Waals surface area contributed by atoms with Crippen LogP contribution in [0.5, 0.6) is 0 Å². The van der Waals surface area contributed by atoms with Crippen molar-refractivity contribution < 1.29 is 14.3 Å². The van der Waals surface area contributed by atoms with Gasteiger partial charge in [0, 0.05) is 25.2 Å². The molecule has 20 heavy (non-hydrogen) atoms. The standard InChI is InChI=1S/C15H18N2O3/c18-14(16-7-9-20-10-8-16)11-17-6-5-12-3-1-2-4-13(12)15(17)19/h1-4H,5-11H2. The smallest absolute Gasteiger partial charge is 0.254 e. The molecule has 1 aromatic rings. The van der Waals surface area contributed by atoms with E-state index in [-0.39, 0.29) is 18.4 Å². The van der Waals surface area contributed by atoms with Crippen molar-refractivity contribution in [3.8, 4) is 0 Å². The highest BCUT2D eigenvalue weighted by Gasteiger charge is 2.27. The lowest BCUT2D eigenvalue weighted by atomic mass is 9.99. The molecule has 2 heterocycles. The molecular formula is C15H18N2O3. The van der Waals surface area contributed by atoms with Gasteiger partial charge < -0.3 is 14.5 Å². The number of morpholine rings is 1. The fourth-order valence-corrected chi connectivity index (χ4v) is 2.70. The molecule has 0 atom stereocenters. The summed E-state index contributed by atoms with van der Waals surface area (Å²) in [5.74, 6) is -0.0190. The Hall–Kier alpha value is -1.88. The van der Waals surface area contributed by atoms with E-state index >= 15 is 0 Å². The first kappa shape index (κ1) is 13.1. The minimum Gasteiger partial charge on any atom is -0.378 e. The monoisotopic (exact) mass is 274 g/mol. The third-order valence-electron chi connectivity index (χ3n) is 3.88. The van der Waals surface area contributed by atoms with Gasteiger partial charge in [-0.25, -0.2) is 0 Å². The van der Waals surface area contributed by atoms with Gasteiger partial charge in [-0.15, -0.1) is 0 Å². The van der Waals surface area contributed by atoms with E-state index in [1.807, 2.05) is 24.3 Å². The van der Waals surface area contributed by atoms with Crippen molar-refractivity contribution in [1.29, 1.82) is 0 Å². The van der Waals surface area contributed by atoms with Crippen LogP contribution in [0.3, 0.4) is 0 Å². The highest BCUT2D eigenvalue weighted by molar-refractivity contribution is 5.98. The molecule has 5 heteroatoms. The highest BCUT2D eigenvalue weighted by Crippen LogP contribution is 2.18. The molecule has 0 aliphatic carbocycles. The molecule has 0 bridgehead atoms. The Morgan fingerprint density at radius 1 is 1.15 bits per heavy atom. The number of fused-ring (bicyclic) bond motifs is 1. The topological polar surface area (TPSA) is 49.9 Å². The summed E-state index contributed by atoms with van der Waals surface area (Å²) in [6, 6.07) is 7.63. The predicted octanol–water partition coefficient (Wildman–Crippen LogP) is 0.544. The summed E-state index contributed by atoms with van der Waals surface area (Å²) >= 11 is 0. The number of carbonyl (C=O) groups excluding carboxylic acids is 2. The molecule has 1 aromatic carbocycles. The van der Waals surface area contributed by atoms with Gasteiger partial charge in [-0.2, -0.15) is 0 Å². The highest BCUT2D eigenvalue weighted by atomic mass is 16.5. The Morgan fingerprint density at radius 2 is 1.90 bits per heavy atom. The van der Waals surface area contributed by atoms with Crippen LogP contribution in [0, 0.1) is 0 Å². The van der Waals surface area contributed by atoms with Gasteiger partial charge in [-0.1, -0.05) is 18.2 Å². The lowest BCUT2D eigenvalue weighted by Gasteiger charge is -2.32. The predicted molar refractivity (Wildman–Crippen MR) is 73.4 cm³/mol. The lowest BCUT2D eigenvalue weighted by molar-refractivity contribution is -0.136. The van der Waals surface area contributed by atoms with Crippen LogP contribution < -0.4 is 0 Å². The zero-order chi connectivity index (χ0) is 13.9. The molecule has 1 fully saturated rings. The summed E-state index contributed by atoms with van der Waals surface area (Å²) in [7, 11) is 0. The van der Waals surface area contributed by atoms with E-state index in [1.54, 1.807) is 9.80 Å². The first-order valence-electron chi connectivity index (χ1n) is 6.98. The van der Waals surface area contributed by atoms with Gasteiger partial charge in [0.15, 0.2) is 0 Å². The summed E-state index contributed by atoms with van der Waals surface area (Å²) in [6.07, 6.45) is 0.818. The summed E-state index contributed by atoms with van der Waals surface area (Å²) in [5, 5.41) is 0. The molecular weight excluding hydrogens is 256 g/mol. The first-order chi connectivity index (χ1) is 9.75. The van der Waals surface area contributed by atoms with Gasteiger partial charge in [0.05, 0.1) is 13.2 Å². The van der Waals surface area contributed by atoms with Crippen LogP contribution in [-0.2, 0) is 16.0 Å². The number of benzene rings is 1. The van der Waals surface area contributed by atoms with Gasteiger partial charge in [-0.3, -0.25) is 9.59 Å². The van der Waals surface area contributed by atoms with Crippen LogP contribution in [0.4, 0.5) is 0 Å². The van der Waals surface area contributed by atoms with E-state index in [9.17, 15) is 9.59 Å². The SMILES string of the molecule is O=C(CN1CCc2ccccc2C1=O)N1CCOCC1. The fraction of sp³-hybridized carbons (Fsp3) is 0.467. The molecule has 5 nitrogen and oxygen atoms in total. The van der Waals surface area contributed by atoms with Crippen molar-refractivity contribution in [3.05, 3.63) is 35.4 Å². The number of hydrogen-bond acceptors (Lipinski definition) is 3. The average molecular weight is 274 g/mol. The summed E-state index contributed by atoms with van der Waals surface area (Å²) in [4.78, 5) is 28.0. The first-order valence-corrected chi connectivity index (χ1v) is 6.98. The molecule has 0 saturated carbocycles. The molecule has 0 unspecified atom stereocenters. The van der Waals surface area contributed by atoms with Crippen molar-refractivity contribution in [3.63, 3.8) is 0 Å². The van der Waals surface area contributed by atoms with Crippen molar-refractivity contribution in [2.45, 2.75) is 6.42 Å². The number of nitrogens with zero attached hydrogens (tertiary/aromatic N) is 2. The van der Waals surface area contributed by atoms with Gasteiger partial charge in [0.1, 0.15) is 6.54 Å². The second kappa shape index (κ2) is 5.63. The second-order valence-corrected chi connectivity index (χ2v) is 5.13. The molecule has 3 rings (SSSR count). The number of hydrogen-bond donors (Lipinski definition) is 0. The maximum Gasteiger partial charge on any atom is 0.254 e. The Balaban J connectivity index is 1.67. The van der Waals surface area contributed by atoms with E-state index in [2.05, 4.69) is 0 Å². The minimum atomic E-state index is -0.0338. The molecule has 0 radical (unpaired) electrons. The average Bonchev–Trinajstić information content (AvgIpc) is 2.51. The van der Waals surface area contributed by atoms with Crippen LogP contribution in [0.15, 0.2) is 24.3 Å². The van der Waals surface area contributed by atoms with Gasteiger partial charge in [-0.05, 0) is 18.1 Å². The Morgan fingerprint density at radius 3 is 2.70 bits per heavy atom. The van der Waals surface area contributed by atoms with Crippen molar-refractivity contribution in [1.82, 2.24) is 9.80 Å². The van der Waals surface area contributed by atoms with E-state index in [0.29, 0.717) is 32.8 Å². The third kappa shape index (κ3) is 2.54. The van der Waals surface area contributed by atoms with E-state index < -0.39 is 0 Å². The molecule has 0 aromatic heterocycles. The molecule has 2 aliphatic heterocycles. The Kier molecular flexibility index (Phi) is 3.69. The summed E-state index contributed by atoms with van der Waals surface area (Å²) in [6.45, 7) is 3.21. The van der Waals surface area contributed by atoms with Crippen LogP contribution in [0.1, 0.15) is 15.9 Å². The Bertz CT molecular complexity index is 524. The van der Waals surface area contributed by atoms with Gasteiger partial charge in [0.2, 0.25) is 5.91 Å². The van der Waals surface area contributed by atoms with Crippen molar-refractivity contribution >= 4 is 11.8 Å². The quantitative estimate of drug-likeness (QED) is 0.791.